The molecule has 1 aromatic heterocycles. The van der Waals surface area contributed by atoms with Crippen LogP contribution in [-0.4, -0.2) is 23.0 Å². The van der Waals surface area contributed by atoms with Gasteiger partial charge in [-0.15, -0.1) is 11.3 Å². The maximum atomic E-state index is 12.2. The van der Waals surface area contributed by atoms with Gasteiger partial charge in [0.1, 0.15) is 5.75 Å². The molecule has 1 heterocycles. The van der Waals surface area contributed by atoms with Gasteiger partial charge in [-0.2, -0.15) is 0 Å². The minimum Gasteiger partial charge on any atom is -0.380 e. The van der Waals surface area contributed by atoms with Crippen LogP contribution in [0, 0.1) is 6.92 Å². The lowest BCUT2D eigenvalue weighted by Crippen LogP contribution is -2.27. The number of amides is 1. The summed E-state index contributed by atoms with van der Waals surface area (Å²) in [6.07, 6.45) is 0. The maximum Gasteiger partial charge on any atom is 0.233 e. The summed E-state index contributed by atoms with van der Waals surface area (Å²) >= 11 is 1.61. The fourth-order valence-electron chi connectivity index (χ4n) is 1.92. The lowest BCUT2D eigenvalue weighted by atomic mass is 10.2. The zero-order valence-corrected chi connectivity index (χ0v) is 14.3. The fourth-order valence-corrected chi connectivity index (χ4v) is 3.71. The molecule has 0 unspecified atom stereocenters. The van der Waals surface area contributed by atoms with Crippen LogP contribution in [0.4, 0.5) is 0 Å². The second kappa shape index (κ2) is 8.22. The van der Waals surface area contributed by atoms with Gasteiger partial charge in [0, 0.05) is 16.9 Å². The van der Waals surface area contributed by atoms with Gasteiger partial charge in [0.15, 0.2) is 0 Å². The Morgan fingerprint density at radius 3 is 2.59 bits per heavy atom. The van der Waals surface area contributed by atoms with E-state index in [0.29, 0.717) is 18.0 Å². The fraction of sp³-hybridized carbons (Fsp3) is 0.312. The van der Waals surface area contributed by atoms with Crippen LogP contribution in [-0.2, 0) is 33.5 Å². The average molecular weight is 337 g/mol. The molecular formula is C16H19NO3S2. The molecule has 0 aliphatic rings. The molecule has 0 spiro atoms. The van der Waals surface area contributed by atoms with Crippen molar-refractivity contribution >= 4 is 28.0 Å². The van der Waals surface area contributed by atoms with Gasteiger partial charge in [-0.05, 0) is 41.6 Å². The lowest BCUT2D eigenvalue weighted by molar-refractivity contribution is -0.118. The van der Waals surface area contributed by atoms with E-state index in [-0.39, 0.29) is 11.7 Å². The zero-order valence-electron chi connectivity index (χ0n) is 12.6. The monoisotopic (exact) mass is 337 g/mol. The van der Waals surface area contributed by atoms with E-state index in [1.54, 1.807) is 30.6 Å². The third-order valence-corrected chi connectivity index (χ3v) is 5.52. The topological polar surface area (TPSA) is 55.4 Å². The minimum absolute atomic E-state index is 0.0198. The number of aryl methyl sites for hydroxylation is 1. The van der Waals surface area contributed by atoms with E-state index >= 15 is 0 Å². The number of hydrogen-bond acceptors (Lipinski definition) is 4. The SMILES string of the molecule is COCc1ccc([S@](=O)CC(=O)NCc2sccc2C)cc1. The van der Waals surface area contributed by atoms with E-state index < -0.39 is 10.8 Å². The van der Waals surface area contributed by atoms with Crippen molar-refractivity contribution in [2.75, 3.05) is 12.9 Å². The van der Waals surface area contributed by atoms with E-state index in [4.69, 9.17) is 4.74 Å². The van der Waals surface area contributed by atoms with Gasteiger partial charge in [0.05, 0.1) is 24.0 Å². The smallest absolute Gasteiger partial charge is 0.233 e. The number of thiophene rings is 1. The first-order chi connectivity index (χ1) is 10.6. The van der Waals surface area contributed by atoms with Crippen LogP contribution < -0.4 is 5.32 Å². The molecule has 1 N–H and O–H groups in total. The Bertz CT molecular complexity index is 650. The Morgan fingerprint density at radius 1 is 1.27 bits per heavy atom. The Balaban J connectivity index is 1.85. The van der Waals surface area contributed by atoms with Crippen LogP contribution in [0.2, 0.25) is 0 Å². The normalized spacial score (nSPS) is 12.1. The molecule has 6 heteroatoms. The van der Waals surface area contributed by atoms with Crippen LogP contribution in [0.5, 0.6) is 0 Å². The number of methoxy groups -OCH3 is 1. The summed E-state index contributed by atoms with van der Waals surface area (Å²) in [5.41, 5.74) is 2.18. The van der Waals surface area contributed by atoms with Crippen molar-refractivity contribution in [1.29, 1.82) is 0 Å². The first kappa shape index (κ1) is 16.9. The van der Waals surface area contributed by atoms with Gasteiger partial charge >= 0.3 is 0 Å². The molecule has 4 nitrogen and oxygen atoms in total. The number of ether oxygens (including phenoxy) is 1. The molecule has 0 saturated heterocycles. The highest BCUT2D eigenvalue weighted by Gasteiger charge is 2.11. The molecule has 2 aromatic rings. The highest BCUT2D eigenvalue weighted by atomic mass is 32.2. The molecule has 0 aliphatic heterocycles. The summed E-state index contributed by atoms with van der Waals surface area (Å²) in [6, 6.07) is 9.31. The summed E-state index contributed by atoms with van der Waals surface area (Å²) in [4.78, 5) is 13.7. The predicted octanol–water partition coefficient (Wildman–Crippen LogP) is 2.63. The van der Waals surface area contributed by atoms with Crippen LogP contribution in [0.25, 0.3) is 0 Å². The van der Waals surface area contributed by atoms with Crippen LogP contribution >= 0.6 is 11.3 Å². The van der Waals surface area contributed by atoms with Crippen LogP contribution in [0.3, 0.4) is 0 Å². The number of hydrogen-bond donors (Lipinski definition) is 1. The van der Waals surface area contributed by atoms with Gasteiger partial charge in [0.2, 0.25) is 5.91 Å². The number of rotatable bonds is 7. The third kappa shape index (κ3) is 4.76. The molecule has 1 amide bonds. The summed E-state index contributed by atoms with van der Waals surface area (Å²) in [7, 11) is 0.302. The van der Waals surface area contributed by atoms with Crippen molar-refractivity contribution in [2.24, 2.45) is 0 Å². The molecule has 0 fully saturated rings. The maximum absolute atomic E-state index is 12.2. The number of nitrogens with one attached hydrogen (secondary N) is 1. The third-order valence-electron chi connectivity index (χ3n) is 3.17. The van der Waals surface area contributed by atoms with Crippen molar-refractivity contribution in [1.82, 2.24) is 5.32 Å². The molecule has 0 bridgehead atoms. The van der Waals surface area contributed by atoms with Crippen molar-refractivity contribution < 1.29 is 13.7 Å². The zero-order chi connectivity index (χ0) is 15.9. The lowest BCUT2D eigenvalue weighted by Gasteiger charge is -2.06. The molecule has 2 rings (SSSR count). The van der Waals surface area contributed by atoms with E-state index in [1.807, 2.05) is 30.5 Å². The molecule has 1 atom stereocenters. The first-order valence-electron chi connectivity index (χ1n) is 6.86. The van der Waals surface area contributed by atoms with Gasteiger partial charge in [-0.1, -0.05) is 12.1 Å². The average Bonchev–Trinajstić information content (AvgIpc) is 2.91. The molecule has 1 aromatic carbocycles. The molecule has 22 heavy (non-hydrogen) atoms. The van der Waals surface area contributed by atoms with Gasteiger partial charge in [-0.25, -0.2) is 0 Å². The molecule has 0 radical (unpaired) electrons. The number of carbonyl (C=O) groups is 1. The second-order valence-corrected chi connectivity index (χ2v) is 7.32. The van der Waals surface area contributed by atoms with Crippen molar-refractivity contribution in [3.05, 3.63) is 51.7 Å². The summed E-state index contributed by atoms with van der Waals surface area (Å²) < 4.78 is 17.2. The largest absolute Gasteiger partial charge is 0.380 e. The van der Waals surface area contributed by atoms with Crippen LogP contribution in [0.1, 0.15) is 16.0 Å². The summed E-state index contributed by atoms with van der Waals surface area (Å²) in [5, 5.41) is 4.81. The van der Waals surface area contributed by atoms with Crippen molar-refractivity contribution in [3.63, 3.8) is 0 Å². The van der Waals surface area contributed by atoms with Gasteiger partial charge in [0.25, 0.3) is 0 Å². The first-order valence-corrected chi connectivity index (χ1v) is 9.06. The minimum atomic E-state index is -1.33. The van der Waals surface area contributed by atoms with E-state index in [0.717, 1.165) is 10.4 Å². The van der Waals surface area contributed by atoms with Crippen molar-refractivity contribution in [3.8, 4) is 0 Å². The Morgan fingerprint density at radius 2 is 2.00 bits per heavy atom. The molecular weight excluding hydrogens is 318 g/mol. The van der Waals surface area contributed by atoms with E-state index in [9.17, 15) is 9.00 Å². The number of carbonyl (C=O) groups excluding carboxylic acids is 1. The van der Waals surface area contributed by atoms with Gasteiger partial charge in [-0.3, -0.25) is 9.00 Å². The highest BCUT2D eigenvalue weighted by Crippen LogP contribution is 2.15. The molecule has 118 valence electrons. The number of benzene rings is 1. The van der Waals surface area contributed by atoms with Crippen molar-refractivity contribution in [2.45, 2.75) is 25.0 Å². The quantitative estimate of drug-likeness (QED) is 0.845. The van der Waals surface area contributed by atoms with Crippen LogP contribution in [0.15, 0.2) is 40.6 Å². The Hall–Kier alpha value is -1.50. The van der Waals surface area contributed by atoms with E-state index in [1.165, 1.54) is 5.56 Å². The highest BCUT2D eigenvalue weighted by molar-refractivity contribution is 7.85. The molecule has 0 saturated carbocycles. The van der Waals surface area contributed by atoms with Gasteiger partial charge < -0.3 is 10.1 Å². The Kier molecular flexibility index (Phi) is 6.30. The predicted molar refractivity (Wildman–Crippen MR) is 89.3 cm³/mol. The molecule has 0 aliphatic carbocycles. The second-order valence-electron chi connectivity index (χ2n) is 4.87. The van der Waals surface area contributed by atoms with E-state index in [2.05, 4.69) is 5.32 Å². The summed E-state index contributed by atoms with van der Waals surface area (Å²) in [5.74, 6) is -0.222. The summed E-state index contributed by atoms with van der Waals surface area (Å²) in [6.45, 7) is 3.03. The standard InChI is InChI=1S/C16H19NO3S2/c1-12-7-8-21-15(12)9-17-16(18)11-22(19)14-5-3-13(4-6-14)10-20-2/h3-8H,9-11H2,1-2H3,(H,17,18)/t22-/m1/s1. The Labute approximate surface area is 137 Å².